The molecule has 1 saturated heterocycles. The number of nitrogens with zero attached hydrogens (tertiary/aromatic N) is 4. The fourth-order valence-corrected chi connectivity index (χ4v) is 2.11. The van der Waals surface area contributed by atoms with E-state index in [1.807, 2.05) is 43.9 Å². The lowest BCUT2D eigenvalue weighted by Crippen LogP contribution is -2.30. The number of pyridine rings is 2. The molecule has 0 bridgehead atoms. The molecule has 0 amide bonds. The van der Waals surface area contributed by atoms with Gasteiger partial charge in [-0.15, -0.1) is 0 Å². The van der Waals surface area contributed by atoms with Gasteiger partial charge in [0.15, 0.2) is 0 Å². The fourth-order valence-electron chi connectivity index (χ4n) is 2.11. The van der Waals surface area contributed by atoms with E-state index in [1.165, 1.54) is 0 Å². The van der Waals surface area contributed by atoms with Crippen molar-refractivity contribution in [2.45, 2.75) is 6.54 Å². The Hall–Kier alpha value is -2.08. The van der Waals surface area contributed by atoms with Crippen LogP contribution < -0.4 is 15.4 Å². The molecule has 0 atom stereocenters. The summed E-state index contributed by atoms with van der Waals surface area (Å²) in [6.07, 6.45) is 1.80. The second kappa shape index (κ2) is 5.28. The molecule has 3 rings (SSSR count). The number of hydrogen-bond acceptors (Lipinski definition) is 5. The van der Waals surface area contributed by atoms with Crippen molar-refractivity contribution in [1.82, 2.24) is 9.97 Å². The fraction of sp³-hybridized carbons (Fsp3) is 0.231. The molecule has 0 unspecified atom stereocenters. The molecule has 19 heavy (non-hydrogen) atoms. The van der Waals surface area contributed by atoms with Gasteiger partial charge < -0.3 is 15.4 Å². The molecule has 3 heterocycles. The summed E-state index contributed by atoms with van der Waals surface area (Å²) in [5, 5.41) is 0. The van der Waals surface area contributed by atoms with E-state index in [2.05, 4.69) is 19.6 Å². The highest BCUT2D eigenvalue weighted by Gasteiger charge is 2.24. The molecular weight excluding hydrogens is 237 g/mol. The van der Waals surface area contributed by atoms with Crippen LogP contribution in [0, 0.1) is 0 Å². The molecular formula is C13H15BN5. The van der Waals surface area contributed by atoms with E-state index in [0.29, 0.717) is 6.54 Å². The quantitative estimate of drug-likeness (QED) is 0.818. The highest BCUT2D eigenvalue weighted by Crippen LogP contribution is 2.18. The van der Waals surface area contributed by atoms with Crippen LogP contribution in [0.25, 0.3) is 0 Å². The van der Waals surface area contributed by atoms with E-state index in [-0.39, 0.29) is 0 Å². The minimum Gasteiger partial charge on any atom is -0.382 e. The molecule has 1 fully saturated rings. The maximum atomic E-state index is 5.62. The molecule has 1 radical (unpaired) electrons. The van der Waals surface area contributed by atoms with E-state index >= 15 is 0 Å². The van der Waals surface area contributed by atoms with E-state index in [0.717, 1.165) is 30.4 Å². The Morgan fingerprint density at radius 2 is 1.84 bits per heavy atom. The Kier molecular flexibility index (Phi) is 3.33. The predicted octanol–water partition coefficient (Wildman–Crippen LogP) is 0.796. The van der Waals surface area contributed by atoms with E-state index in [9.17, 15) is 0 Å². The summed E-state index contributed by atoms with van der Waals surface area (Å²) >= 11 is 0. The molecule has 0 aromatic carbocycles. The zero-order valence-corrected chi connectivity index (χ0v) is 10.6. The predicted molar refractivity (Wildman–Crippen MR) is 76.8 cm³/mol. The average Bonchev–Trinajstić information content (AvgIpc) is 2.98. The zero-order chi connectivity index (χ0) is 13.1. The second-order valence-electron chi connectivity index (χ2n) is 4.38. The first-order valence-electron chi connectivity index (χ1n) is 6.32. The number of rotatable bonds is 3. The number of nitrogens with two attached hydrogens (primary N) is 1. The SMILES string of the molecule is NCc1cccc(N2[B]N(c3ccccn3)CC2)n1. The Labute approximate surface area is 113 Å². The third-order valence-corrected chi connectivity index (χ3v) is 3.10. The number of aromatic nitrogens is 2. The van der Waals surface area contributed by atoms with Crippen LogP contribution in [0.5, 0.6) is 0 Å². The van der Waals surface area contributed by atoms with Crippen LogP contribution in [0.3, 0.4) is 0 Å². The molecule has 2 aromatic rings. The van der Waals surface area contributed by atoms with E-state index < -0.39 is 0 Å². The van der Waals surface area contributed by atoms with Gasteiger partial charge in [0.05, 0.1) is 5.69 Å². The minimum atomic E-state index is 0.464. The van der Waals surface area contributed by atoms with Crippen molar-refractivity contribution in [3.63, 3.8) is 0 Å². The summed E-state index contributed by atoms with van der Waals surface area (Å²) in [6, 6.07) is 11.8. The molecule has 95 valence electrons. The van der Waals surface area contributed by atoms with Gasteiger partial charge in [0.1, 0.15) is 11.6 Å². The summed E-state index contributed by atoms with van der Waals surface area (Å²) < 4.78 is 0. The van der Waals surface area contributed by atoms with Crippen LogP contribution in [-0.2, 0) is 6.54 Å². The van der Waals surface area contributed by atoms with Gasteiger partial charge in [0.25, 0.3) is 0 Å². The van der Waals surface area contributed by atoms with Crippen molar-refractivity contribution < 1.29 is 0 Å². The van der Waals surface area contributed by atoms with Crippen LogP contribution in [0.1, 0.15) is 5.69 Å². The molecule has 0 saturated carbocycles. The third-order valence-electron chi connectivity index (χ3n) is 3.10. The normalized spacial score (nSPS) is 14.6. The van der Waals surface area contributed by atoms with Gasteiger partial charge in [0, 0.05) is 25.8 Å². The van der Waals surface area contributed by atoms with Gasteiger partial charge in [-0.25, -0.2) is 9.97 Å². The third kappa shape index (κ3) is 2.53. The lowest BCUT2D eigenvalue weighted by Gasteiger charge is -2.17. The Morgan fingerprint density at radius 3 is 2.58 bits per heavy atom. The van der Waals surface area contributed by atoms with Gasteiger partial charge in [-0.1, -0.05) is 12.1 Å². The number of hydrogen-bond donors (Lipinski definition) is 1. The van der Waals surface area contributed by atoms with Crippen molar-refractivity contribution in [3.8, 4) is 0 Å². The topological polar surface area (TPSA) is 58.3 Å². The molecule has 2 aromatic heterocycles. The Morgan fingerprint density at radius 1 is 1.05 bits per heavy atom. The zero-order valence-electron chi connectivity index (χ0n) is 10.6. The first kappa shape index (κ1) is 12.0. The van der Waals surface area contributed by atoms with Crippen molar-refractivity contribution >= 4 is 19.2 Å². The maximum absolute atomic E-state index is 5.62. The summed E-state index contributed by atoms with van der Waals surface area (Å²) in [5.74, 6) is 1.89. The molecule has 6 heteroatoms. The van der Waals surface area contributed by atoms with Crippen molar-refractivity contribution in [2.24, 2.45) is 5.73 Å². The monoisotopic (exact) mass is 252 g/mol. The summed E-state index contributed by atoms with van der Waals surface area (Å²) in [7, 11) is 2.05. The van der Waals surface area contributed by atoms with Gasteiger partial charge in [0.2, 0.25) is 0 Å². The van der Waals surface area contributed by atoms with Crippen LogP contribution in [0.2, 0.25) is 0 Å². The molecule has 1 aliphatic heterocycles. The molecule has 5 nitrogen and oxygen atoms in total. The lowest BCUT2D eigenvalue weighted by molar-refractivity contribution is 0.955. The summed E-state index contributed by atoms with van der Waals surface area (Å²) in [6.45, 7) is 2.27. The standard InChI is InChI=1S/C13H15BN5/c15-10-11-4-3-6-13(17-11)19-9-8-18(14-19)12-5-1-2-7-16-12/h1-7H,8-10,15H2. The van der Waals surface area contributed by atoms with E-state index in [4.69, 9.17) is 5.73 Å². The van der Waals surface area contributed by atoms with Crippen LogP contribution in [-0.4, -0.2) is 30.6 Å². The average molecular weight is 252 g/mol. The Bertz CT molecular complexity index is 548. The van der Waals surface area contributed by atoms with Crippen molar-refractivity contribution in [1.29, 1.82) is 0 Å². The maximum Gasteiger partial charge on any atom is 0.394 e. The smallest absolute Gasteiger partial charge is 0.382 e. The molecule has 2 N–H and O–H groups in total. The van der Waals surface area contributed by atoms with Crippen LogP contribution >= 0.6 is 0 Å². The van der Waals surface area contributed by atoms with E-state index in [1.54, 1.807) is 6.20 Å². The van der Waals surface area contributed by atoms with Crippen LogP contribution in [0.4, 0.5) is 11.6 Å². The van der Waals surface area contributed by atoms with Crippen LogP contribution in [0.15, 0.2) is 42.6 Å². The highest BCUT2D eigenvalue weighted by atomic mass is 15.3. The molecule has 0 spiro atoms. The van der Waals surface area contributed by atoms with Gasteiger partial charge >= 0.3 is 7.55 Å². The van der Waals surface area contributed by atoms with Gasteiger partial charge in [-0.2, -0.15) is 0 Å². The molecule has 1 aliphatic rings. The number of anilines is 2. The van der Waals surface area contributed by atoms with Crippen molar-refractivity contribution in [2.75, 3.05) is 22.7 Å². The molecule has 0 aliphatic carbocycles. The highest BCUT2D eigenvalue weighted by molar-refractivity contribution is 6.47. The van der Waals surface area contributed by atoms with Crippen molar-refractivity contribution in [3.05, 3.63) is 48.3 Å². The lowest BCUT2D eigenvalue weighted by atomic mass is 10.1. The second-order valence-corrected chi connectivity index (χ2v) is 4.38. The summed E-state index contributed by atoms with van der Waals surface area (Å²) in [5.41, 5.74) is 6.53. The first-order valence-corrected chi connectivity index (χ1v) is 6.32. The van der Waals surface area contributed by atoms with Gasteiger partial charge in [-0.05, 0) is 24.3 Å². The minimum absolute atomic E-state index is 0.464. The summed E-state index contributed by atoms with van der Waals surface area (Å²) in [4.78, 5) is 13.1. The van der Waals surface area contributed by atoms with Gasteiger partial charge in [-0.3, -0.25) is 0 Å². The first-order chi connectivity index (χ1) is 9.36. The Balaban J connectivity index is 1.75. The largest absolute Gasteiger partial charge is 0.394 e.